The molecule has 0 aliphatic rings. The molecule has 6 heteroatoms. The number of aliphatic hydroxyl groups excluding tert-OH is 1. The fraction of sp³-hybridized carbons (Fsp3) is 0.286. The summed E-state index contributed by atoms with van der Waals surface area (Å²) in [5, 5.41) is 12.9. The maximum absolute atomic E-state index is 13.4. The van der Waals surface area contributed by atoms with E-state index in [4.69, 9.17) is 0 Å². The van der Waals surface area contributed by atoms with Gasteiger partial charge in [-0.1, -0.05) is 0 Å². The number of hydrogen-bond donors (Lipinski definition) is 2. The highest BCUT2D eigenvalue weighted by atomic mass is 79.9. The molecule has 0 aliphatic carbocycles. The fourth-order valence-electron chi connectivity index (χ4n) is 1.82. The van der Waals surface area contributed by atoms with Crippen molar-refractivity contribution in [2.24, 2.45) is 0 Å². The van der Waals surface area contributed by atoms with E-state index < -0.39 is 17.7 Å². The van der Waals surface area contributed by atoms with Gasteiger partial charge in [-0.25, -0.2) is 8.78 Å². The molecule has 0 spiro atoms. The molecule has 0 fully saturated rings. The Balaban J connectivity index is 1.80. The van der Waals surface area contributed by atoms with Gasteiger partial charge in [0.15, 0.2) is 0 Å². The highest BCUT2D eigenvalue weighted by molar-refractivity contribution is 9.11. The van der Waals surface area contributed by atoms with Crippen LogP contribution in [-0.2, 0) is 6.42 Å². The number of aliphatic hydroxyl groups is 1. The van der Waals surface area contributed by atoms with E-state index in [9.17, 15) is 13.9 Å². The summed E-state index contributed by atoms with van der Waals surface area (Å²) in [7, 11) is 0. The van der Waals surface area contributed by atoms with Crippen molar-refractivity contribution < 1.29 is 13.9 Å². The maximum atomic E-state index is 13.4. The minimum Gasteiger partial charge on any atom is -0.387 e. The van der Waals surface area contributed by atoms with Crippen molar-refractivity contribution in [2.45, 2.75) is 12.5 Å². The highest BCUT2D eigenvalue weighted by Gasteiger charge is 2.13. The Kier molecular flexibility index (Phi) is 5.65. The van der Waals surface area contributed by atoms with Crippen LogP contribution in [0.15, 0.2) is 34.1 Å². The third-order valence-electron chi connectivity index (χ3n) is 2.83. The minimum absolute atomic E-state index is 0.0173. The lowest BCUT2D eigenvalue weighted by molar-refractivity contribution is 0.170. The molecular weight excluding hydrogens is 348 g/mol. The van der Waals surface area contributed by atoms with Crippen molar-refractivity contribution in [1.82, 2.24) is 5.32 Å². The van der Waals surface area contributed by atoms with E-state index in [1.165, 1.54) is 4.88 Å². The quantitative estimate of drug-likeness (QED) is 0.769. The first kappa shape index (κ1) is 15.6. The van der Waals surface area contributed by atoms with Crippen molar-refractivity contribution in [3.63, 3.8) is 0 Å². The molecule has 0 radical (unpaired) electrons. The van der Waals surface area contributed by atoms with Crippen LogP contribution in [0.5, 0.6) is 0 Å². The van der Waals surface area contributed by atoms with Crippen LogP contribution in [0.25, 0.3) is 0 Å². The van der Waals surface area contributed by atoms with Crippen molar-refractivity contribution in [3.8, 4) is 0 Å². The highest BCUT2D eigenvalue weighted by Crippen LogP contribution is 2.22. The Morgan fingerprint density at radius 2 is 2.05 bits per heavy atom. The molecule has 0 amide bonds. The largest absolute Gasteiger partial charge is 0.387 e. The third kappa shape index (κ3) is 4.34. The Morgan fingerprint density at radius 3 is 2.75 bits per heavy atom. The first-order valence-electron chi connectivity index (χ1n) is 6.14. The molecule has 2 rings (SSSR count). The van der Waals surface area contributed by atoms with Crippen LogP contribution in [0.4, 0.5) is 8.78 Å². The molecule has 0 saturated heterocycles. The molecule has 2 aromatic rings. The lowest BCUT2D eigenvalue weighted by Gasteiger charge is -2.13. The predicted octanol–water partition coefficient (Wildman–Crippen LogP) is 3.65. The molecule has 1 aromatic carbocycles. The van der Waals surface area contributed by atoms with Gasteiger partial charge >= 0.3 is 0 Å². The first-order chi connectivity index (χ1) is 9.56. The molecule has 2 N–H and O–H groups in total. The monoisotopic (exact) mass is 361 g/mol. The van der Waals surface area contributed by atoms with E-state index in [1.807, 2.05) is 12.1 Å². The summed E-state index contributed by atoms with van der Waals surface area (Å²) >= 11 is 5.04. The Bertz CT molecular complexity index is 576. The second kappa shape index (κ2) is 7.26. The summed E-state index contributed by atoms with van der Waals surface area (Å²) in [6, 6.07) is 7.10. The van der Waals surface area contributed by atoms with E-state index >= 15 is 0 Å². The van der Waals surface area contributed by atoms with Gasteiger partial charge in [0.2, 0.25) is 0 Å². The summed E-state index contributed by atoms with van der Waals surface area (Å²) in [5.41, 5.74) is -0.0173. The first-order valence-corrected chi connectivity index (χ1v) is 7.75. The standard InChI is InChI=1S/C14H14BrF2NOS/c15-14-4-2-10(20-14)5-6-18-8-13(19)11-7-9(16)1-3-12(11)17/h1-4,7,13,18-19H,5-6,8H2. The van der Waals surface area contributed by atoms with E-state index in [0.29, 0.717) is 6.54 Å². The van der Waals surface area contributed by atoms with Crippen molar-refractivity contribution >= 4 is 27.3 Å². The molecule has 0 bridgehead atoms. The van der Waals surface area contributed by atoms with Gasteiger partial charge in [0, 0.05) is 23.5 Å². The smallest absolute Gasteiger partial charge is 0.129 e. The molecular formula is C14H14BrF2NOS. The third-order valence-corrected chi connectivity index (χ3v) is 4.52. The van der Waals surface area contributed by atoms with E-state index in [-0.39, 0.29) is 12.1 Å². The zero-order valence-corrected chi connectivity index (χ0v) is 13.0. The zero-order chi connectivity index (χ0) is 14.5. The van der Waals surface area contributed by atoms with Gasteiger partial charge in [0.1, 0.15) is 11.6 Å². The molecule has 1 atom stereocenters. The van der Waals surface area contributed by atoms with Gasteiger partial charge in [-0.3, -0.25) is 0 Å². The maximum Gasteiger partial charge on any atom is 0.129 e. The molecule has 1 aromatic heterocycles. The lowest BCUT2D eigenvalue weighted by Crippen LogP contribution is -2.24. The SMILES string of the molecule is OC(CNCCc1ccc(Br)s1)c1cc(F)ccc1F. The zero-order valence-electron chi connectivity index (χ0n) is 10.6. The normalized spacial score (nSPS) is 12.6. The Labute approximate surface area is 128 Å². The van der Waals surface area contributed by atoms with Crippen LogP contribution >= 0.6 is 27.3 Å². The van der Waals surface area contributed by atoms with E-state index in [0.717, 1.165) is 28.4 Å². The molecule has 1 unspecified atom stereocenters. The van der Waals surface area contributed by atoms with Crippen LogP contribution < -0.4 is 5.32 Å². The minimum atomic E-state index is -1.05. The van der Waals surface area contributed by atoms with Crippen LogP contribution in [0.1, 0.15) is 16.5 Å². The number of halogens is 3. The lowest BCUT2D eigenvalue weighted by atomic mass is 10.1. The number of hydrogen-bond acceptors (Lipinski definition) is 3. The van der Waals surface area contributed by atoms with Gasteiger partial charge in [-0.05, 0) is 52.7 Å². The summed E-state index contributed by atoms with van der Waals surface area (Å²) < 4.78 is 27.5. The number of benzene rings is 1. The van der Waals surface area contributed by atoms with E-state index in [1.54, 1.807) is 11.3 Å². The molecule has 0 aliphatic heterocycles. The molecule has 2 nitrogen and oxygen atoms in total. The molecule has 20 heavy (non-hydrogen) atoms. The topological polar surface area (TPSA) is 32.3 Å². The Morgan fingerprint density at radius 1 is 1.25 bits per heavy atom. The summed E-state index contributed by atoms with van der Waals surface area (Å²) in [6.45, 7) is 0.855. The average Bonchev–Trinajstić information content (AvgIpc) is 2.83. The molecule has 108 valence electrons. The predicted molar refractivity (Wildman–Crippen MR) is 79.9 cm³/mol. The number of rotatable bonds is 6. The number of thiophene rings is 1. The molecule has 0 saturated carbocycles. The van der Waals surface area contributed by atoms with Crippen LogP contribution in [-0.4, -0.2) is 18.2 Å². The van der Waals surface area contributed by atoms with Gasteiger partial charge in [0.25, 0.3) is 0 Å². The van der Waals surface area contributed by atoms with E-state index in [2.05, 4.69) is 21.2 Å². The van der Waals surface area contributed by atoms with Gasteiger partial charge in [0.05, 0.1) is 9.89 Å². The fourth-order valence-corrected chi connectivity index (χ4v) is 3.30. The number of nitrogens with one attached hydrogen (secondary N) is 1. The summed E-state index contributed by atoms with van der Waals surface area (Å²) in [6.07, 6.45) is -0.227. The second-order valence-corrected chi connectivity index (χ2v) is 6.89. The van der Waals surface area contributed by atoms with Gasteiger partial charge in [-0.2, -0.15) is 0 Å². The van der Waals surface area contributed by atoms with Gasteiger partial charge in [-0.15, -0.1) is 11.3 Å². The summed E-state index contributed by atoms with van der Waals surface area (Å²) in [5.74, 6) is -1.15. The van der Waals surface area contributed by atoms with Crippen molar-refractivity contribution in [1.29, 1.82) is 0 Å². The summed E-state index contributed by atoms with van der Waals surface area (Å²) in [4.78, 5) is 1.22. The van der Waals surface area contributed by atoms with Crippen LogP contribution in [0.3, 0.4) is 0 Å². The van der Waals surface area contributed by atoms with Crippen molar-refractivity contribution in [2.75, 3.05) is 13.1 Å². The van der Waals surface area contributed by atoms with Crippen LogP contribution in [0.2, 0.25) is 0 Å². The van der Waals surface area contributed by atoms with Crippen molar-refractivity contribution in [3.05, 3.63) is 56.2 Å². The second-order valence-electron chi connectivity index (χ2n) is 4.34. The molecule has 1 heterocycles. The van der Waals surface area contributed by atoms with Crippen LogP contribution in [0, 0.1) is 11.6 Å². The average molecular weight is 362 g/mol. The Hall–Kier alpha value is -0.820. The van der Waals surface area contributed by atoms with Gasteiger partial charge < -0.3 is 10.4 Å².